The van der Waals surface area contributed by atoms with Crippen LogP contribution in [-0.4, -0.2) is 42.3 Å². The van der Waals surface area contributed by atoms with Crippen LogP contribution in [0.25, 0.3) is 0 Å². The summed E-state index contributed by atoms with van der Waals surface area (Å²) >= 11 is 0. The van der Waals surface area contributed by atoms with E-state index in [2.05, 4.69) is 18.7 Å². The summed E-state index contributed by atoms with van der Waals surface area (Å²) in [6, 6.07) is 0. The van der Waals surface area contributed by atoms with E-state index in [0.717, 1.165) is 13.1 Å². The monoisotopic (exact) mass is 254 g/mol. The van der Waals surface area contributed by atoms with Crippen molar-refractivity contribution >= 4 is 0 Å². The van der Waals surface area contributed by atoms with Crippen LogP contribution in [0.5, 0.6) is 0 Å². The molecule has 106 valence electrons. The molecular weight excluding hydrogens is 224 g/mol. The van der Waals surface area contributed by atoms with E-state index in [0.29, 0.717) is 12.2 Å². The summed E-state index contributed by atoms with van der Waals surface area (Å²) in [6.45, 7) is 7.54. The maximum atomic E-state index is 6.12. The smallest absolute Gasteiger partial charge is 0.0706 e. The van der Waals surface area contributed by atoms with Crippen molar-refractivity contribution < 1.29 is 4.74 Å². The fraction of sp³-hybridized carbons (Fsp3) is 1.00. The summed E-state index contributed by atoms with van der Waals surface area (Å²) in [7, 11) is 0. The standard InChI is InChI=1S/C15H30N2O/c1-3-10-17(11-14-7-6-13(2)18-14)15(12-16)8-4-5-9-15/h13-14H,3-12,16H2,1-2H3. The average Bonchev–Trinajstić information content (AvgIpc) is 2.98. The molecule has 0 aromatic carbocycles. The molecular formula is C15H30N2O. The first-order chi connectivity index (χ1) is 8.70. The Morgan fingerprint density at radius 3 is 2.50 bits per heavy atom. The Morgan fingerprint density at radius 1 is 1.28 bits per heavy atom. The van der Waals surface area contributed by atoms with Crippen LogP contribution in [0.3, 0.4) is 0 Å². The fourth-order valence-electron chi connectivity index (χ4n) is 3.74. The van der Waals surface area contributed by atoms with E-state index in [1.807, 2.05) is 0 Å². The molecule has 0 bridgehead atoms. The van der Waals surface area contributed by atoms with E-state index < -0.39 is 0 Å². The van der Waals surface area contributed by atoms with Crippen LogP contribution >= 0.6 is 0 Å². The highest BCUT2D eigenvalue weighted by Gasteiger charge is 2.39. The molecule has 1 heterocycles. The van der Waals surface area contributed by atoms with E-state index >= 15 is 0 Å². The molecule has 1 saturated heterocycles. The van der Waals surface area contributed by atoms with Gasteiger partial charge in [0.1, 0.15) is 0 Å². The topological polar surface area (TPSA) is 38.5 Å². The minimum Gasteiger partial charge on any atom is -0.374 e. The molecule has 18 heavy (non-hydrogen) atoms. The lowest BCUT2D eigenvalue weighted by atomic mass is 9.94. The molecule has 1 aliphatic carbocycles. The summed E-state index contributed by atoms with van der Waals surface area (Å²) in [4.78, 5) is 2.66. The van der Waals surface area contributed by atoms with Gasteiger partial charge in [0.15, 0.2) is 0 Å². The van der Waals surface area contributed by atoms with Crippen LogP contribution in [0.2, 0.25) is 0 Å². The number of nitrogens with two attached hydrogens (primary N) is 1. The van der Waals surface area contributed by atoms with Gasteiger partial charge in [-0.2, -0.15) is 0 Å². The Labute approximate surface area is 112 Å². The zero-order valence-corrected chi connectivity index (χ0v) is 12.2. The molecule has 3 heteroatoms. The van der Waals surface area contributed by atoms with Crippen LogP contribution in [0, 0.1) is 0 Å². The van der Waals surface area contributed by atoms with Crippen molar-refractivity contribution in [3.05, 3.63) is 0 Å². The van der Waals surface area contributed by atoms with Crippen LogP contribution in [0.4, 0.5) is 0 Å². The van der Waals surface area contributed by atoms with E-state index in [9.17, 15) is 0 Å². The highest BCUT2D eigenvalue weighted by molar-refractivity contribution is 4.96. The largest absolute Gasteiger partial charge is 0.374 e. The first-order valence-electron chi connectivity index (χ1n) is 7.81. The molecule has 0 aromatic rings. The number of ether oxygens (including phenoxy) is 1. The summed E-state index contributed by atoms with van der Waals surface area (Å²) in [5.41, 5.74) is 6.40. The second-order valence-corrected chi connectivity index (χ2v) is 6.23. The minimum atomic E-state index is 0.283. The predicted octanol–water partition coefficient (Wildman–Crippen LogP) is 2.54. The maximum Gasteiger partial charge on any atom is 0.0706 e. The Kier molecular flexibility index (Phi) is 5.05. The lowest BCUT2D eigenvalue weighted by molar-refractivity contribution is -0.000709. The van der Waals surface area contributed by atoms with Gasteiger partial charge < -0.3 is 10.5 Å². The molecule has 2 atom stereocenters. The van der Waals surface area contributed by atoms with Gasteiger partial charge in [0.25, 0.3) is 0 Å². The third-order valence-corrected chi connectivity index (χ3v) is 4.82. The van der Waals surface area contributed by atoms with Crippen molar-refractivity contribution in [2.45, 2.75) is 76.5 Å². The molecule has 2 rings (SSSR count). The van der Waals surface area contributed by atoms with E-state index in [1.165, 1.54) is 51.5 Å². The predicted molar refractivity (Wildman–Crippen MR) is 75.7 cm³/mol. The van der Waals surface area contributed by atoms with Gasteiger partial charge in [-0.1, -0.05) is 19.8 Å². The second-order valence-electron chi connectivity index (χ2n) is 6.23. The maximum absolute atomic E-state index is 6.12. The van der Waals surface area contributed by atoms with Gasteiger partial charge in [-0.3, -0.25) is 4.90 Å². The second kappa shape index (κ2) is 6.36. The third-order valence-electron chi connectivity index (χ3n) is 4.82. The molecule has 2 aliphatic rings. The molecule has 0 amide bonds. The van der Waals surface area contributed by atoms with E-state index in [4.69, 9.17) is 10.5 Å². The van der Waals surface area contributed by atoms with Gasteiger partial charge in [0, 0.05) is 18.6 Å². The fourth-order valence-corrected chi connectivity index (χ4v) is 3.74. The van der Waals surface area contributed by atoms with E-state index in [-0.39, 0.29) is 5.54 Å². The van der Waals surface area contributed by atoms with Crippen LogP contribution in [0.15, 0.2) is 0 Å². The molecule has 2 N–H and O–H groups in total. The number of hydrogen-bond acceptors (Lipinski definition) is 3. The van der Waals surface area contributed by atoms with Crippen molar-refractivity contribution in [2.24, 2.45) is 5.73 Å². The van der Waals surface area contributed by atoms with Crippen LogP contribution in [0.1, 0.15) is 58.8 Å². The normalized spacial score (nSPS) is 31.3. The Morgan fingerprint density at radius 2 is 2.00 bits per heavy atom. The summed E-state index contributed by atoms with van der Waals surface area (Å²) in [5.74, 6) is 0. The van der Waals surface area contributed by atoms with Gasteiger partial charge in [-0.05, 0) is 45.6 Å². The minimum absolute atomic E-state index is 0.283. The average molecular weight is 254 g/mol. The Balaban J connectivity index is 1.98. The molecule has 2 fully saturated rings. The lowest BCUT2D eigenvalue weighted by Crippen LogP contribution is -2.54. The molecule has 1 aliphatic heterocycles. The molecule has 1 saturated carbocycles. The lowest BCUT2D eigenvalue weighted by Gasteiger charge is -2.42. The van der Waals surface area contributed by atoms with E-state index in [1.54, 1.807) is 0 Å². The highest BCUT2D eigenvalue weighted by atomic mass is 16.5. The van der Waals surface area contributed by atoms with Gasteiger partial charge >= 0.3 is 0 Å². The zero-order valence-electron chi connectivity index (χ0n) is 12.2. The summed E-state index contributed by atoms with van der Waals surface area (Å²) in [6.07, 6.45) is 9.81. The zero-order chi connectivity index (χ0) is 13.0. The molecule has 0 spiro atoms. The summed E-state index contributed by atoms with van der Waals surface area (Å²) in [5, 5.41) is 0. The molecule has 3 nitrogen and oxygen atoms in total. The first kappa shape index (κ1) is 14.3. The van der Waals surface area contributed by atoms with Crippen molar-refractivity contribution in [2.75, 3.05) is 19.6 Å². The third kappa shape index (κ3) is 3.06. The van der Waals surface area contributed by atoms with Crippen molar-refractivity contribution in [1.29, 1.82) is 0 Å². The molecule has 0 aromatic heterocycles. The van der Waals surface area contributed by atoms with Gasteiger partial charge in [-0.25, -0.2) is 0 Å². The SMILES string of the molecule is CCCN(CC1CCC(C)O1)C1(CN)CCCC1. The van der Waals surface area contributed by atoms with Crippen LogP contribution < -0.4 is 5.73 Å². The number of rotatable bonds is 6. The van der Waals surface area contributed by atoms with Crippen molar-refractivity contribution in [3.8, 4) is 0 Å². The van der Waals surface area contributed by atoms with Gasteiger partial charge in [-0.15, -0.1) is 0 Å². The number of nitrogens with zero attached hydrogens (tertiary/aromatic N) is 1. The van der Waals surface area contributed by atoms with Crippen LogP contribution in [-0.2, 0) is 4.74 Å². The molecule has 2 unspecified atom stereocenters. The summed E-state index contributed by atoms with van der Waals surface area (Å²) < 4.78 is 6.00. The molecule has 0 radical (unpaired) electrons. The highest BCUT2D eigenvalue weighted by Crippen LogP contribution is 2.35. The number of hydrogen-bond donors (Lipinski definition) is 1. The first-order valence-corrected chi connectivity index (χ1v) is 7.81. The van der Waals surface area contributed by atoms with Crippen molar-refractivity contribution in [3.63, 3.8) is 0 Å². The Hall–Kier alpha value is -0.120. The van der Waals surface area contributed by atoms with Crippen molar-refractivity contribution in [1.82, 2.24) is 4.90 Å². The van der Waals surface area contributed by atoms with Gasteiger partial charge in [0.2, 0.25) is 0 Å². The van der Waals surface area contributed by atoms with Gasteiger partial charge in [0.05, 0.1) is 12.2 Å². The Bertz CT molecular complexity index is 251. The quantitative estimate of drug-likeness (QED) is 0.791.